The van der Waals surface area contributed by atoms with Crippen LogP contribution in [0.15, 0.2) is 10.7 Å². The van der Waals surface area contributed by atoms with Crippen molar-refractivity contribution >= 4 is 15.9 Å². The summed E-state index contributed by atoms with van der Waals surface area (Å²) in [5.74, 6) is 0.886. The quantitative estimate of drug-likeness (QED) is 0.877. The minimum absolute atomic E-state index is 0.122. The first-order chi connectivity index (χ1) is 9.87. The van der Waals surface area contributed by atoms with Gasteiger partial charge >= 0.3 is 0 Å². The van der Waals surface area contributed by atoms with Crippen LogP contribution in [0.25, 0.3) is 0 Å². The molecule has 3 unspecified atom stereocenters. The number of rotatable bonds is 5. The van der Waals surface area contributed by atoms with E-state index in [9.17, 15) is 5.11 Å². The Morgan fingerprint density at radius 2 is 2.19 bits per heavy atom. The second-order valence-corrected chi connectivity index (χ2v) is 7.73. The molecule has 1 heterocycles. The fourth-order valence-corrected chi connectivity index (χ4v) is 4.53. The number of methoxy groups -OCH3 is 1. The van der Waals surface area contributed by atoms with Crippen LogP contribution in [0.4, 0.5) is 0 Å². The van der Waals surface area contributed by atoms with Gasteiger partial charge in [-0.2, -0.15) is 5.10 Å². The molecule has 21 heavy (non-hydrogen) atoms. The van der Waals surface area contributed by atoms with Gasteiger partial charge in [0.05, 0.1) is 35.6 Å². The highest BCUT2D eigenvalue weighted by atomic mass is 79.9. The first kappa shape index (κ1) is 17.0. The SMILES string of the molecule is COCCn1ncc(Br)c1C(C)(C)C1CCC(C)CC1O. The average molecular weight is 359 g/mol. The Morgan fingerprint density at radius 1 is 1.48 bits per heavy atom. The summed E-state index contributed by atoms with van der Waals surface area (Å²) < 4.78 is 8.21. The molecule has 1 fully saturated rings. The van der Waals surface area contributed by atoms with Crippen LogP contribution in [0.3, 0.4) is 0 Å². The van der Waals surface area contributed by atoms with E-state index in [0.29, 0.717) is 12.5 Å². The van der Waals surface area contributed by atoms with Gasteiger partial charge in [0.1, 0.15) is 0 Å². The Balaban J connectivity index is 2.28. The number of halogens is 1. The monoisotopic (exact) mass is 358 g/mol. The number of hydrogen-bond acceptors (Lipinski definition) is 3. The summed E-state index contributed by atoms with van der Waals surface area (Å²) in [6.45, 7) is 8.05. The lowest BCUT2D eigenvalue weighted by Crippen LogP contribution is -2.42. The highest BCUT2D eigenvalue weighted by Crippen LogP contribution is 2.44. The van der Waals surface area contributed by atoms with Crippen molar-refractivity contribution in [1.29, 1.82) is 0 Å². The molecule has 120 valence electrons. The average Bonchev–Trinajstić information content (AvgIpc) is 2.77. The molecule has 5 heteroatoms. The van der Waals surface area contributed by atoms with Crippen LogP contribution in [0.5, 0.6) is 0 Å². The standard InChI is InChI=1S/C16H27BrN2O2/c1-11-5-6-12(14(20)9-11)16(2,3)15-13(17)10-18-19(15)7-8-21-4/h10-12,14,20H,5-9H2,1-4H3. The van der Waals surface area contributed by atoms with E-state index in [0.717, 1.165) is 29.6 Å². The van der Waals surface area contributed by atoms with Crippen LogP contribution in [0.1, 0.15) is 45.7 Å². The van der Waals surface area contributed by atoms with Crippen LogP contribution in [-0.4, -0.2) is 34.7 Å². The second kappa shape index (κ2) is 6.80. The van der Waals surface area contributed by atoms with Crippen molar-refractivity contribution in [2.75, 3.05) is 13.7 Å². The lowest BCUT2D eigenvalue weighted by atomic mass is 9.66. The molecule has 1 aliphatic rings. The summed E-state index contributed by atoms with van der Waals surface area (Å²) in [6.07, 6.45) is 4.77. The van der Waals surface area contributed by atoms with Gasteiger partial charge < -0.3 is 9.84 Å². The Kier molecular flexibility index (Phi) is 5.49. The molecule has 1 saturated carbocycles. The summed E-state index contributed by atoms with van der Waals surface area (Å²) in [4.78, 5) is 0. The molecule has 0 aromatic carbocycles. The van der Waals surface area contributed by atoms with Crippen LogP contribution < -0.4 is 0 Å². The van der Waals surface area contributed by atoms with Crippen LogP contribution >= 0.6 is 15.9 Å². The molecule has 0 saturated heterocycles. The third-order valence-electron chi connectivity index (χ3n) is 4.92. The molecular formula is C16H27BrN2O2. The molecule has 0 aliphatic heterocycles. The predicted octanol–water partition coefficient (Wildman–Crippen LogP) is 3.37. The molecular weight excluding hydrogens is 332 g/mol. The minimum Gasteiger partial charge on any atom is -0.393 e. The smallest absolute Gasteiger partial charge is 0.0659 e. The van der Waals surface area contributed by atoms with E-state index < -0.39 is 0 Å². The topological polar surface area (TPSA) is 47.3 Å². The Bertz CT molecular complexity index is 473. The van der Waals surface area contributed by atoms with Gasteiger partial charge in [0.2, 0.25) is 0 Å². The summed E-state index contributed by atoms with van der Waals surface area (Å²) in [5, 5.41) is 15.0. The van der Waals surface area contributed by atoms with Crippen LogP contribution in [-0.2, 0) is 16.7 Å². The number of aliphatic hydroxyl groups excluding tert-OH is 1. The molecule has 2 rings (SSSR count). The zero-order valence-electron chi connectivity index (χ0n) is 13.5. The van der Waals surface area contributed by atoms with Gasteiger partial charge in [-0.05, 0) is 40.6 Å². The lowest BCUT2D eigenvalue weighted by Gasteiger charge is -2.42. The van der Waals surface area contributed by atoms with E-state index >= 15 is 0 Å². The van der Waals surface area contributed by atoms with Gasteiger partial charge in [0.25, 0.3) is 0 Å². The maximum atomic E-state index is 10.6. The fraction of sp³-hybridized carbons (Fsp3) is 0.812. The number of aliphatic hydroxyl groups is 1. The van der Waals surface area contributed by atoms with E-state index in [2.05, 4.69) is 41.8 Å². The molecule has 1 aromatic rings. The summed E-state index contributed by atoms with van der Waals surface area (Å²) in [5.41, 5.74) is 1.04. The highest BCUT2D eigenvalue weighted by Gasteiger charge is 2.42. The van der Waals surface area contributed by atoms with Gasteiger partial charge in [-0.3, -0.25) is 4.68 Å². The molecule has 0 spiro atoms. The fourth-order valence-electron chi connectivity index (χ4n) is 3.72. The van der Waals surface area contributed by atoms with Crippen molar-refractivity contribution in [2.24, 2.45) is 11.8 Å². The van der Waals surface area contributed by atoms with Crippen LogP contribution in [0, 0.1) is 11.8 Å². The van der Waals surface area contributed by atoms with Crippen molar-refractivity contribution in [2.45, 2.75) is 58.1 Å². The van der Waals surface area contributed by atoms with Gasteiger partial charge in [0.15, 0.2) is 0 Å². The van der Waals surface area contributed by atoms with Gasteiger partial charge in [-0.1, -0.05) is 27.2 Å². The zero-order valence-corrected chi connectivity index (χ0v) is 15.1. The van der Waals surface area contributed by atoms with E-state index in [1.807, 2.05) is 10.9 Å². The Morgan fingerprint density at radius 3 is 2.81 bits per heavy atom. The third-order valence-corrected chi connectivity index (χ3v) is 5.50. The lowest BCUT2D eigenvalue weighted by molar-refractivity contribution is 0.0116. The predicted molar refractivity (Wildman–Crippen MR) is 87.3 cm³/mol. The molecule has 0 radical (unpaired) electrons. The van der Waals surface area contributed by atoms with Crippen molar-refractivity contribution in [1.82, 2.24) is 9.78 Å². The van der Waals surface area contributed by atoms with Crippen molar-refractivity contribution in [3.63, 3.8) is 0 Å². The zero-order chi connectivity index (χ0) is 15.6. The first-order valence-electron chi connectivity index (χ1n) is 7.76. The summed E-state index contributed by atoms with van der Waals surface area (Å²) in [7, 11) is 1.70. The maximum absolute atomic E-state index is 10.6. The van der Waals surface area contributed by atoms with E-state index in [-0.39, 0.29) is 17.4 Å². The number of ether oxygens (including phenoxy) is 1. The van der Waals surface area contributed by atoms with Crippen molar-refractivity contribution < 1.29 is 9.84 Å². The molecule has 1 N–H and O–H groups in total. The molecule has 1 aromatic heterocycles. The second-order valence-electron chi connectivity index (χ2n) is 6.87. The Hall–Kier alpha value is -0.390. The van der Waals surface area contributed by atoms with Crippen molar-refractivity contribution in [3.8, 4) is 0 Å². The van der Waals surface area contributed by atoms with Gasteiger partial charge in [0, 0.05) is 12.5 Å². The maximum Gasteiger partial charge on any atom is 0.0659 e. The van der Waals surface area contributed by atoms with E-state index in [4.69, 9.17) is 4.74 Å². The number of aromatic nitrogens is 2. The molecule has 3 atom stereocenters. The highest BCUT2D eigenvalue weighted by molar-refractivity contribution is 9.10. The normalized spacial score (nSPS) is 27.0. The largest absolute Gasteiger partial charge is 0.393 e. The van der Waals surface area contributed by atoms with Crippen molar-refractivity contribution in [3.05, 3.63) is 16.4 Å². The summed E-state index contributed by atoms with van der Waals surface area (Å²) >= 11 is 3.64. The molecule has 4 nitrogen and oxygen atoms in total. The summed E-state index contributed by atoms with van der Waals surface area (Å²) in [6, 6.07) is 0. The van der Waals surface area contributed by atoms with E-state index in [1.165, 1.54) is 6.42 Å². The van der Waals surface area contributed by atoms with E-state index in [1.54, 1.807) is 7.11 Å². The minimum atomic E-state index is -0.235. The first-order valence-corrected chi connectivity index (χ1v) is 8.56. The van der Waals surface area contributed by atoms with Gasteiger partial charge in [-0.15, -0.1) is 0 Å². The third kappa shape index (κ3) is 3.51. The Labute approximate surface area is 136 Å². The molecule has 0 bridgehead atoms. The molecule has 1 aliphatic carbocycles. The number of hydrogen-bond donors (Lipinski definition) is 1. The van der Waals surface area contributed by atoms with Gasteiger partial charge in [-0.25, -0.2) is 0 Å². The number of nitrogens with zero attached hydrogens (tertiary/aromatic N) is 2. The molecule has 0 amide bonds. The van der Waals surface area contributed by atoms with Crippen LogP contribution in [0.2, 0.25) is 0 Å².